The second kappa shape index (κ2) is 6.37. The van der Waals surface area contributed by atoms with Crippen molar-refractivity contribution in [3.63, 3.8) is 0 Å². The Morgan fingerprint density at radius 2 is 1.87 bits per heavy atom. The molecule has 0 aliphatic carbocycles. The lowest BCUT2D eigenvalue weighted by Gasteiger charge is -2.11. The smallest absolute Gasteiger partial charge is 0.240 e. The van der Waals surface area contributed by atoms with Crippen molar-refractivity contribution in [2.75, 3.05) is 6.26 Å². The maximum Gasteiger partial charge on any atom is 0.268 e. The quantitative estimate of drug-likeness (QED) is 0.657. The third-order valence-corrected chi connectivity index (χ3v) is 6.08. The van der Waals surface area contributed by atoms with Crippen LogP contribution in [0.15, 0.2) is 58.5 Å². The first-order valence-corrected chi connectivity index (χ1v) is 10.1. The molecule has 0 bridgehead atoms. The normalized spacial score (nSPS) is 11.9. The predicted octanol–water partition coefficient (Wildman–Crippen LogP) is 3.95. The Labute approximate surface area is 140 Å². The van der Waals surface area contributed by atoms with E-state index in [0.29, 0.717) is 16.8 Å². The summed E-state index contributed by atoms with van der Waals surface area (Å²) in [5.41, 5.74) is 2.13. The summed E-state index contributed by atoms with van der Waals surface area (Å²) in [7, 11) is -3.62. The van der Waals surface area contributed by atoms with Crippen molar-refractivity contribution in [2.24, 2.45) is 0 Å². The number of hydrogen-bond acceptors (Lipinski definition) is 4. The number of fused-ring (bicyclic) bond motifs is 1. The molecule has 3 aromatic rings. The Hall–Kier alpha value is -1.79. The molecule has 0 aliphatic rings. The Morgan fingerprint density at radius 1 is 1.13 bits per heavy atom. The molecule has 0 N–H and O–H groups in total. The van der Waals surface area contributed by atoms with Gasteiger partial charge in [-0.1, -0.05) is 31.5 Å². The molecule has 0 fully saturated rings. The van der Waals surface area contributed by atoms with E-state index in [9.17, 15) is 8.42 Å². The number of hydrogen-bond donors (Lipinski definition) is 0. The zero-order valence-corrected chi connectivity index (χ0v) is 14.7. The third kappa shape index (κ3) is 2.88. The summed E-state index contributed by atoms with van der Waals surface area (Å²) >= 11 is 1.55. The Morgan fingerprint density at radius 3 is 2.52 bits per heavy atom. The van der Waals surface area contributed by atoms with Gasteiger partial charge in [-0.2, -0.15) is 0 Å². The fraction of sp³-hybridized carbons (Fsp3) is 0.235. The largest absolute Gasteiger partial charge is 0.268 e. The highest BCUT2D eigenvalue weighted by Gasteiger charge is 2.23. The molecule has 0 amide bonds. The second-order valence-corrected chi connectivity index (χ2v) is 7.84. The van der Waals surface area contributed by atoms with Gasteiger partial charge in [0.2, 0.25) is 0 Å². The van der Waals surface area contributed by atoms with Crippen LogP contribution >= 0.6 is 11.8 Å². The van der Waals surface area contributed by atoms with Crippen LogP contribution in [0, 0.1) is 0 Å². The van der Waals surface area contributed by atoms with E-state index in [1.807, 2.05) is 37.4 Å². The maximum atomic E-state index is 13.1. The summed E-state index contributed by atoms with van der Waals surface area (Å²) in [6.45, 7) is 2.04. The zero-order valence-electron chi connectivity index (χ0n) is 13.1. The minimum Gasteiger partial charge on any atom is -0.240 e. The SMILES string of the molecule is CCCc1cc2nc(SC)ccc2n1S(=O)(=O)c1ccccc1. The highest BCUT2D eigenvalue weighted by molar-refractivity contribution is 7.98. The zero-order chi connectivity index (χ0) is 16.4. The van der Waals surface area contributed by atoms with Gasteiger partial charge in [0.15, 0.2) is 0 Å². The van der Waals surface area contributed by atoms with Crippen LogP contribution in [0.4, 0.5) is 0 Å². The van der Waals surface area contributed by atoms with E-state index in [-0.39, 0.29) is 0 Å². The van der Waals surface area contributed by atoms with Crippen LogP contribution in [0.2, 0.25) is 0 Å². The predicted molar refractivity (Wildman–Crippen MR) is 94.5 cm³/mol. The van der Waals surface area contributed by atoms with Crippen molar-refractivity contribution in [2.45, 2.75) is 29.7 Å². The van der Waals surface area contributed by atoms with Crippen LogP contribution in [0.1, 0.15) is 19.0 Å². The molecular weight excluding hydrogens is 328 g/mol. The van der Waals surface area contributed by atoms with Crippen LogP contribution in [0.25, 0.3) is 11.0 Å². The van der Waals surface area contributed by atoms with Crippen molar-refractivity contribution in [1.82, 2.24) is 8.96 Å². The van der Waals surface area contributed by atoms with Crippen LogP contribution in [-0.2, 0) is 16.4 Å². The molecule has 0 atom stereocenters. The maximum absolute atomic E-state index is 13.1. The number of pyridine rings is 1. The van der Waals surface area contributed by atoms with E-state index in [1.165, 1.54) is 3.97 Å². The van der Waals surface area contributed by atoms with Crippen molar-refractivity contribution in [3.8, 4) is 0 Å². The number of thioether (sulfide) groups is 1. The van der Waals surface area contributed by atoms with Gasteiger partial charge in [-0.05, 0) is 43.0 Å². The molecule has 6 heteroatoms. The molecule has 0 unspecified atom stereocenters. The van der Waals surface area contributed by atoms with Gasteiger partial charge >= 0.3 is 0 Å². The van der Waals surface area contributed by atoms with Gasteiger partial charge in [-0.3, -0.25) is 0 Å². The number of nitrogens with zero attached hydrogens (tertiary/aromatic N) is 2. The molecule has 0 radical (unpaired) electrons. The number of aromatic nitrogens is 2. The molecule has 4 nitrogen and oxygen atoms in total. The van der Waals surface area contributed by atoms with E-state index in [0.717, 1.165) is 22.7 Å². The lowest BCUT2D eigenvalue weighted by atomic mass is 10.2. The van der Waals surface area contributed by atoms with Gasteiger partial charge in [0.25, 0.3) is 10.0 Å². The highest BCUT2D eigenvalue weighted by Crippen LogP contribution is 2.27. The summed E-state index contributed by atoms with van der Waals surface area (Å²) in [6.07, 6.45) is 3.52. The van der Waals surface area contributed by atoms with Gasteiger partial charge in [0.05, 0.1) is 21.0 Å². The van der Waals surface area contributed by atoms with E-state index in [4.69, 9.17) is 0 Å². The summed E-state index contributed by atoms with van der Waals surface area (Å²) in [6, 6.07) is 14.1. The van der Waals surface area contributed by atoms with Crippen LogP contribution in [0.3, 0.4) is 0 Å². The fourth-order valence-electron chi connectivity index (χ4n) is 2.62. The molecule has 2 aromatic heterocycles. The number of benzene rings is 1. The van der Waals surface area contributed by atoms with Crippen molar-refractivity contribution >= 4 is 32.8 Å². The molecule has 1 aromatic carbocycles. The van der Waals surface area contributed by atoms with Gasteiger partial charge in [0.1, 0.15) is 0 Å². The summed E-state index contributed by atoms with van der Waals surface area (Å²) in [4.78, 5) is 4.84. The molecule has 23 heavy (non-hydrogen) atoms. The van der Waals surface area contributed by atoms with Gasteiger partial charge in [0, 0.05) is 5.69 Å². The van der Waals surface area contributed by atoms with E-state index in [1.54, 1.807) is 36.0 Å². The second-order valence-electron chi connectivity index (χ2n) is 5.23. The van der Waals surface area contributed by atoms with Gasteiger partial charge in [-0.25, -0.2) is 17.4 Å². The number of aryl methyl sites for hydroxylation is 1. The molecule has 2 heterocycles. The summed E-state index contributed by atoms with van der Waals surface area (Å²) < 4.78 is 27.6. The molecule has 0 spiro atoms. The van der Waals surface area contributed by atoms with E-state index >= 15 is 0 Å². The van der Waals surface area contributed by atoms with Crippen LogP contribution in [0.5, 0.6) is 0 Å². The third-order valence-electron chi connectivity index (χ3n) is 3.66. The molecule has 0 saturated heterocycles. The Kier molecular flexibility index (Phi) is 4.46. The first-order chi connectivity index (χ1) is 11.1. The topological polar surface area (TPSA) is 52.0 Å². The number of rotatable bonds is 5. The minimum absolute atomic E-state index is 0.295. The summed E-state index contributed by atoms with van der Waals surface area (Å²) in [5.74, 6) is 0. The minimum atomic E-state index is -3.62. The van der Waals surface area contributed by atoms with Gasteiger partial charge in [-0.15, -0.1) is 11.8 Å². The Balaban J connectivity index is 2.28. The monoisotopic (exact) mass is 346 g/mol. The van der Waals surface area contributed by atoms with E-state index in [2.05, 4.69) is 4.98 Å². The van der Waals surface area contributed by atoms with E-state index < -0.39 is 10.0 Å². The van der Waals surface area contributed by atoms with Crippen molar-refractivity contribution in [1.29, 1.82) is 0 Å². The highest BCUT2D eigenvalue weighted by atomic mass is 32.2. The average molecular weight is 346 g/mol. The molecule has 3 rings (SSSR count). The van der Waals surface area contributed by atoms with Crippen LogP contribution in [-0.4, -0.2) is 23.6 Å². The molecule has 0 aliphatic heterocycles. The molecule has 0 saturated carbocycles. The fourth-order valence-corrected chi connectivity index (χ4v) is 4.59. The first kappa shape index (κ1) is 16.1. The molecular formula is C17H18N2O2S2. The van der Waals surface area contributed by atoms with Gasteiger partial charge < -0.3 is 0 Å². The first-order valence-electron chi connectivity index (χ1n) is 7.44. The lowest BCUT2D eigenvalue weighted by Crippen LogP contribution is -2.15. The average Bonchev–Trinajstić information content (AvgIpc) is 2.93. The molecule has 120 valence electrons. The lowest BCUT2D eigenvalue weighted by molar-refractivity contribution is 0.586. The summed E-state index contributed by atoms with van der Waals surface area (Å²) in [5, 5.41) is 0.884. The Bertz CT molecular complexity index is 932. The van der Waals surface area contributed by atoms with Crippen molar-refractivity contribution < 1.29 is 8.42 Å². The van der Waals surface area contributed by atoms with Crippen LogP contribution < -0.4 is 0 Å². The van der Waals surface area contributed by atoms with Crippen molar-refractivity contribution in [3.05, 3.63) is 54.2 Å². The standard InChI is InChI=1S/C17H18N2O2S2/c1-3-7-13-12-15-16(10-11-17(18-15)22-2)19(13)23(20,21)14-8-5-4-6-9-14/h4-6,8-12H,3,7H2,1-2H3.